The second kappa shape index (κ2) is 8.33. The predicted molar refractivity (Wildman–Crippen MR) is 113 cm³/mol. The molecule has 2 aromatic carbocycles. The molecule has 0 N–H and O–H groups in total. The first-order valence-electron chi connectivity index (χ1n) is 8.96. The molecular weight excluding hydrogens is 422 g/mol. The molecule has 27 heavy (non-hydrogen) atoms. The van der Waals surface area contributed by atoms with E-state index in [0.717, 1.165) is 53.5 Å². The fourth-order valence-electron chi connectivity index (χ4n) is 3.21. The van der Waals surface area contributed by atoms with Gasteiger partial charge >= 0.3 is 0 Å². The molecule has 1 fully saturated rings. The van der Waals surface area contributed by atoms with Crippen LogP contribution >= 0.6 is 27.3 Å². The lowest BCUT2D eigenvalue weighted by Gasteiger charge is -2.34. The number of halogens is 1. The van der Waals surface area contributed by atoms with Crippen LogP contribution < -0.4 is 0 Å². The molecule has 0 unspecified atom stereocenters. The van der Waals surface area contributed by atoms with Crippen LogP contribution in [0.4, 0.5) is 0 Å². The van der Waals surface area contributed by atoms with E-state index in [0.29, 0.717) is 0 Å². The maximum Gasteiger partial charge on any atom is 0.253 e. The summed E-state index contributed by atoms with van der Waals surface area (Å²) in [4.78, 5) is 21.7. The third kappa shape index (κ3) is 4.46. The van der Waals surface area contributed by atoms with Crippen LogP contribution in [0, 0.1) is 0 Å². The number of hydrogen-bond donors (Lipinski definition) is 0. The molecule has 1 aliphatic rings. The van der Waals surface area contributed by atoms with E-state index < -0.39 is 0 Å². The van der Waals surface area contributed by atoms with Crippen LogP contribution in [-0.4, -0.2) is 46.9 Å². The van der Waals surface area contributed by atoms with E-state index >= 15 is 0 Å². The highest BCUT2D eigenvalue weighted by Crippen LogP contribution is 2.24. The number of carbonyl (C=O) groups is 1. The molecule has 6 heteroatoms. The largest absolute Gasteiger partial charge is 0.336 e. The van der Waals surface area contributed by atoms with Crippen LogP contribution in [0.5, 0.6) is 0 Å². The van der Waals surface area contributed by atoms with E-state index in [1.165, 1.54) is 5.56 Å². The Labute approximate surface area is 171 Å². The van der Waals surface area contributed by atoms with Gasteiger partial charge in [0.25, 0.3) is 5.91 Å². The fourth-order valence-corrected chi connectivity index (χ4v) is 4.29. The first kappa shape index (κ1) is 18.3. The Morgan fingerprint density at radius 3 is 2.41 bits per heavy atom. The zero-order valence-corrected chi connectivity index (χ0v) is 17.2. The molecular formula is C21H20BrN3OS. The number of aromatic nitrogens is 1. The van der Waals surface area contributed by atoms with Crippen molar-refractivity contribution in [2.45, 2.75) is 6.54 Å². The molecule has 1 amide bonds. The fraction of sp³-hybridized carbons (Fsp3) is 0.238. The van der Waals surface area contributed by atoms with Gasteiger partial charge in [0.15, 0.2) is 0 Å². The van der Waals surface area contributed by atoms with E-state index in [2.05, 4.69) is 38.3 Å². The Kier molecular flexibility index (Phi) is 5.66. The van der Waals surface area contributed by atoms with Crippen molar-refractivity contribution in [2.75, 3.05) is 26.2 Å². The molecule has 1 saturated heterocycles. The first-order valence-corrected chi connectivity index (χ1v) is 10.6. The summed E-state index contributed by atoms with van der Waals surface area (Å²) in [6.45, 7) is 4.10. The van der Waals surface area contributed by atoms with Gasteiger partial charge in [-0.15, -0.1) is 11.3 Å². The molecule has 0 atom stereocenters. The number of hydrogen-bond acceptors (Lipinski definition) is 4. The number of carbonyl (C=O) groups excluding carboxylic acids is 1. The van der Waals surface area contributed by atoms with Crippen LogP contribution in [-0.2, 0) is 6.54 Å². The number of rotatable bonds is 4. The van der Waals surface area contributed by atoms with E-state index in [9.17, 15) is 4.79 Å². The lowest BCUT2D eigenvalue weighted by molar-refractivity contribution is 0.0627. The van der Waals surface area contributed by atoms with Gasteiger partial charge in [-0.3, -0.25) is 9.69 Å². The molecule has 4 nitrogen and oxygen atoms in total. The van der Waals surface area contributed by atoms with Crippen molar-refractivity contribution in [1.29, 1.82) is 0 Å². The molecule has 0 radical (unpaired) electrons. The Balaban J connectivity index is 1.33. The van der Waals surface area contributed by atoms with Crippen LogP contribution in [0.25, 0.3) is 10.6 Å². The van der Waals surface area contributed by atoms with Gasteiger partial charge < -0.3 is 4.90 Å². The van der Waals surface area contributed by atoms with Crippen LogP contribution in [0.15, 0.2) is 64.5 Å². The van der Waals surface area contributed by atoms with Crippen molar-refractivity contribution in [1.82, 2.24) is 14.8 Å². The van der Waals surface area contributed by atoms with Crippen molar-refractivity contribution < 1.29 is 4.79 Å². The van der Waals surface area contributed by atoms with Crippen molar-refractivity contribution >= 4 is 33.2 Å². The number of thiazole rings is 1. The molecule has 0 spiro atoms. The summed E-state index contributed by atoms with van der Waals surface area (Å²) >= 11 is 5.10. The highest BCUT2D eigenvalue weighted by Gasteiger charge is 2.22. The lowest BCUT2D eigenvalue weighted by Crippen LogP contribution is -2.48. The van der Waals surface area contributed by atoms with Gasteiger partial charge in [0.05, 0.1) is 5.69 Å². The highest BCUT2D eigenvalue weighted by atomic mass is 79.9. The molecule has 3 aromatic rings. The normalized spacial score (nSPS) is 15.1. The Morgan fingerprint density at radius 2 is 1.70 bits per heavy atom. The smallest absolute Gasteiger partial charge is 0.253 e. The summed E-state index contributed by atoms with van der Waals surface area (Å²) in [5.74, 6) is 0.113. The van der Waals surface area contributed by atoms with Gasteiger partial charge in [0, 0.05) is 53.7 Å². The van der Waals surface area contributed by atoms with Crippen LogP contribution in [0.3, 0.4) is 0 Å². The summed E-state index contributed by atoms with van der Waals surface area (Å²) in [7, 11) is 0. The van der Waals surface area contributed by atoms with E-state index in [-0.39, 0.29) is 5.91 Å². The van der Waals surface area contributed by atoms with Crippen molar-refractivity contribution in [3.05, 3.63) is 75.7 Å². The summed E-state index contributed by atoms with van der Waals surface area (Å²) in [6, 6.07) is 17.9. The van der Waals surface area contributed by atoms with Crippen molar-refractivity contribution in [3.63, 3.8) is 0 Å². The van der Waals surface area contributed by atoms with Crippen LogP contribution in [0.1, 0.15) is 16.1 Å². The van der Waals surface area contributed by atoms with Crippen molar-refractivity contribution in [2.24, 2.45) is 0 Å². The average Bonchev–Trinajstić information content (AvgIpc) is 3.18. The predicted octanol–water partition coefficient (Wildman–Crippen LogP) is 4.53. The summed E-state index contributed by atoms with van der Waals surface area (Å²) in [6.07, 6.45) is 0. The number of piperazine rings is 1. The van der Waals surface area contributed by atoms with Gasteiger partial charge in [0.1, 0.15) is 5.01 Å². The highest BCUT2D eigenvalue weighted by molar-refractivity contribution is 9.10. The molecule has 1 aromatic heterocycles. The standard InChI is InChI=1S/C21H20BrN3OS/c22-18-8-6-17(7-9-18)21(26)25-12-10-24(11-13-25)14-19-15-27-20(23-19)16-4-2-1-3-5-16/h1-9,15H,10-14H2. The van der Waals surface area contributed by atoms with E-state index in [4.69, 9.17) is 4.98 Å². The van der Waals surface area contributed by atoms with Crippen LogP contribution in [0.2, 0.25) is 0 Å². The third-order valence-electron chi connectivity index (χ3n) is 4.71. The Morgan fingerprint density at radius 1 is 1.00 bits per heavy atom. The van der Waals surface area contributed by atoms with E-state index in [1.54, 1.807) is 11.3 Å². The first-order chi connectivity index (χ1) is 13.2. The molecule has 2 heterocycles. The second-order valence-electron chi connectivity index (χ2n) is 6.59. The lowest BCUT2D eigenvalue weighted by atomic mass is 10.2. The second-order valence-corrected chi connectivity index (χ2v) is 8.36. The van der Waals surface area contributed by atoms with Crippen molar-refractivity contribution in [3.8, 4) is 10.6 Å². The minimum Gasteiger partial charge on any atom is -0.336 e. The minimum absolute atomic E-state index is 0.113. The Hall–Kier alpha value is -2.02. The third-order valence-corrected chi connectivity index (χ3v) is 6.18. The molecule has 0 bridgehead atoms. The average molecular weight is 442 g/mol. The summed E-state index contributed by atoms with van der Waals surface area (Å²) < 4.78 is 0.988. The summed E-state index contributed by atoms with van der Waals surface area (Å²) in [5, 5.41) is 3.21. The van der Waals surface area contributed by atoms with Gasteiger partial charge in [-0.25, -0.2) is 4.98 Å². The molecule has 138 valence electrons. The molecule has 4 rings (SSSR count). The molecule has 0 aliphatic carbocycles. The Bertz CT molecular complexity index is 903. The van der Waals surface area contributed by atoms with Gasteiger partial charge in [-0.1, -0.05) is 46.3 Å². The maximum atomic E-state index is 12.6. The topological polar surface area (TPSA) is 36.4 Å². The zero-order chi connectivity index (χ0) is 18.6. The monoisotopic (exact) mass is 441 g/mol. The van der Waals surface area contributed by atoms with Gasteiger partial charge in [-0.05, 0) is 24.3 Å². The molecule has 0 saturated carbocycles. The van der Waals surface area contributed by atoms with Gasteiger partial charge in [-0.2, -0.15) is 0 Å². The number of amides is 1. The molecule has 1 aliphatic heterocycles. The maximum absolute atomic E-state index is 12.6. The minimum atomic E-state index is 0.113. The number of nitrogens with zero attached hydrogens (tertiary/aromatic N) is 3. The van der Waals surface area contributed by atoms with E-state index in [1.807, 2.05) is 47.4 Å². The SMILES string of the molecule is O=C(c1ccc(Br)cc1)N1CCN(Cc2csc(-c3ccccc3)n2)CC1. The quantitative estimate of drug-likeness (QED) is 0.596. The number of benzene rings is 2. The zero-order valence-electron chi connectivity index (χ0n) is 14.8. The summed E-state index contributed by atoms with van der Waals surface area (Å²) in [5.41, 5.74) is 3.02. The van der Waals surface area contributed by atoms with Gasteiger partial charge in [0.2, 0.25) is 0 Å².